The summed E-state index contributed by atoms with van der Waals surface area (Å²) in [6.07, 6.45) is 1.13. The van der Waals surface area contributed by atoms with Crippen LogP contribution in [0, 0.1) is 6.92 Å². The molecule has 0 atom stereocenters. The largest absolute Gasteiger partial charge is 0.383 e. The molecule has 1 N–H and O–H groups in total. The molecular weight excluding hydrogens is 304 g/mol. The van der Waals surface area contributed by atoms with E-state index in [-0.39, 0.29) is 25.3 Å². The minimum atomic E-state index is -3.41. The SMILES string of the molecule is COCCN(Cc1cc2cccc(C)c2[nH]c1=O)S(C)(=O)=O. The monoisotopic (exact) mass is 324 g/mol. The summed E-state index contributed by atoms with van der Waals surface area (Å²) in [6.45, 7) is 2.43. The highest BCUT2D eigenvalue weighted by molar-refractivity contribution is 7.88. The Bertz CT molecular complexity index is 827. The van der Waals surface area contributed by atoms with E-state index in [2.05, 4.69) is 4.98 Å². The van der Waals surface area contributed by atoms with Crippen LogP contribution in [0.4, 0.5) is 0 Å². The van der Waals surface area contributed by atoms with Gasteiger partial charge in [0.05, 0.1) is 18.4 Å². The van der Waals surface area contributed by atoms with Gasteiger partial charge in [0, 0.05) is 25.8 Å². The van der Waals surface area contributed by atoms with Crippen LogP contribution in [-0.4, -0.2) is 44.2 Å². The van der Waals surface area contributed by atoms with Gasteiger partial charge < -0.3 is 9.72 Å². The maximum Gasteiger partial charge on any atom is 0.252 e. The number of fused-ring (bicyclic) bond motifs is 1. The molecule has 0 spiro atoms. The molecule has 7 heteroatoms. The van der Waals surface area contributed by atoms with Crippen LogP contribution in [0.1, 0.15) is 11.1 Å². The van der Waals surface area contributed by atoms with E-state index in [4.69, 9.17) is 4.74 Å². The highest BCUT2D eigenvalue weighted by Gasteiger charge is 2.18. The van der Waals surface area contributed by atoms with Gasteiger partial charge in [-0.2, -0.15) is 4.31 Å². The van der Waals surface area contributed by atoms with E-state index in [1.54, 1.807) is 6.07 Å². The van der Waals surface area contributed by atoms with Gasteiger partial charge in [-0.15, -0.1) is 0 Å². The van der Waals surface area contributed by atoms with Crippen LogP contribution >= 0.6 is 0 Å². The first-order chi connectivity index (χ1) is 10.3. The van der Waals surface area contributed by atoms with Crippen molar-refractivity contribution in [2.75, 3.05) is 26.5 Å². The Morgan fingerprint density at radius 1 is 1.32 bits per heavy atom. The maximum atomic E-state index is 12.2. The van der Waals surface area contributed by atoms with Crippen molar-refractivity contribution in [3.8, 4) is 0 Å². The van der Waals surface area contributed by atoms with E-state index in [9.17, 15) is 13.2 Å². The highest BCUT2D eigenvalue weighted by atomic mass is 32.2. The molecule has 1 heterocycles. The quantitative estimate of drug-likeness (QED) is 0.867. The number of sulfonamides is 1. The zero-order valence-corrected chi connectivity index (χ0v) is 13.7. The van der Waals surface area contributed by atoms with E-state index >= 15 is 0 Å². The molecule has 2 rings (SSSR count). The van der Waals surface area contributed by atoms with Gasteiger partial charge in [-0.05, 0) is 23.9 Å². The fraction of sp³-hybridized carbons (Fsp3) is 0.400. The lowest BCUT2D eigenvalue weighted by molar-refractivity contribution is 0.177. The summed E-state index contributed by atoms with van der Waals surface area (Å²) < 4.78 is 29.8. The molecule has 0 aliphatic carbocycles. The van der Waals surface area contributed by atoms with E-state index in [0.29, 0.717) is 5.56 Å². The topological polar surface area (TPSA) is 79.5 Å². The van der Waals surface area contributed by atoms with Gasteiger partial charge in [-0.25, -0.2) is 8.42 Å². The van der Waals surface area contributed by atoms with E-state index in [1.165, 1.54) is 11.4 Å². The number of rotatable bonds is 6. The smallest absolute Gasteiger partial charge is 0.252 e. The Kier molecular flexibility index (Phi) is 5.00. The minimum Gasteiger partial charge on any atom is -0.383 e. The van der Waals surface area contributed by atoms with Crippen LogP contribution < -0.4 is 5.56 Å². The third-order valence-electron chi connectivity index (χ3n) is 3.53. The van der Waals surface area contributed by atoms with Crippen LogP contribution in [0.25, 0.3) is 10.9 Å². The molecule has 120 valence electrons. The number of ether oxygens (including phenoxy) is 1. The highest BCUT2D eigenvalue weighted by Crippen LogP contribution is 2.16. The summed E-state index contributed by atoms with van der Waals surface area (Å²) in [5.41, 5.74) is 1.90. The van der Waals surface area contributed by atoms with Gasteiger partial charge in [-0.1, -0.05) is 18.2 Å². The first-order valence-corrected chi connectivity index (χ1v) is 8.73. The van der Waals surface area contributed by atoms with Crippen molar-refractivity contribution in [2.45, 2.75) is 13.5 Å². The van der Waals surface area contributed by atoms with Crippen LogP contribution in [-0.2, 0) is 21.3 Å². The van der Waals surface area contributed by atoms with Crippen molar-refractivity contribution in [2.24, 2.45) is 0 Å². The summed E-state index contributed by atoms with van der Waals surface area (Å²) in [5.74, 6) is 0. The minimum absolute atomic E-state index is 0.0292. The number of hydrogen-bond donors (Lipinski definition) is 1. The van der Waals surface area contributed by atoms with Gasteiger partial charge in [0.15, 0.2) is 0 Å². The number of aromatic amines is 1. The molecule has 0 radical (unpaired) electrons. The van der Waals surface area contributed by atoms with Gasteiger partial charge in [0.25, 0.3) is 5.56 Å². The molecule has 0 amide bonds. The van der Waals surface area contributed by atoms with Crippen molar-refractivity contribution in [3.05, 3.63) is 45.7 Å². The lowest BCUT2D eigenvalue weighted by Gasteiger charge is -2.19. The fourth-order valence-corrected chi connectivity index (χ4v) is 3.07. The third-order valence-corrected chi connectivity index (χ3v) is 4.78. The fourth-order valence-electron chi connectivity index (χ4n) is 2.29. The third kappa shape index (κ3) is 3.73. The molecule has 0 unspecified atom stereocenters. The van der Waals surface area contributed by atoms with Crippen molar-refractivity contribution in [3.63, 3.8) is 0 Å². The normalized spacial score (nSPS) is 12.2. The molecule has 2 aromatic rings. The second-order valence-electron chi connectivity index (χ2n) is 5.25. The molecule has 0 aliphatic rings. The summed E-state index contributed by atoms with van der Waals surface area (Å²) >= 11 is 0. The maximum absolute atomic E-state index is 12.2. The van der Waals surface area contributed by atoms with E-state index < -0.39 is 10.0 Å². The number of aryl methyl sites for hydroxylation is 1. The second kappa shape index (κ2) is 6.60. The molecule has 1 aromatic carbocycles. The van der Waals surface area contributed by atoms with Gasteiger partial charge in [0.1, 0.15) is 0 Å². The standard InChI is InChI=1S/C15H20N2O4S/c1-11-5-4-6-12-9-13(15(18)16-14(11)12)10-17(7-8-21-2)22(3,19)20/h4-6,9H,7-8,10H2,1-3H3,(H,16,18). The zero-order chi connectivity index (χ0) is 16.3. The second-order valence-corrected chi connectivity index (χ2v) is 7.23. The first kappa shape index (κ1) is 16.7. The Morgan fingerprint density at radius 2 is 2.05 bits per heavy atom. The zero-order valence-electron chi connectivity index (χ0n) is 12.9. The molecular formula is C15H20N2O4S. The van der Waals surface area contributed by atoms with Crippen molar-refractivity contribution < 1.29 is 13.2 Å². The van der Waals surface area contributed by atoms with Gasteiger partial charge in [-0.3, -0.25) is 4.79 Å². The molecule has 1 aromatic heterocycles. The number of aromatic nitrogens is 1. The lowest BCUT2D eigenvalue weighted by atomic mass is 10.1. The number of nitrogens with zero attached hydrogens (tertiary/aromatic N) is 1. The molecule has 0 saturated carbocycles. The summed E-state index contributed by atoms with van der Waals surface area (Å²) in [4.78, 5) is 15.0. The molecule has 0 aliphatic heterocycles. The Labute approximate surface area is 129 Å². The Morgan fingerprint density at radius 3 is 2.68 bits per heavy atom. The summed E-state index contributed by atoms with van der Waals surface area (Å²) in [5, 5.41) is 0.884. The molecule has 0 saturated heterocycles. The first-order valence-electron chi connectivity index (χ1n) is 6.88. The Hall–Kier alpha value is -1.70. The van der Waals surface area contributed by atoms with Crippen molar-refractivity contribution in [1.82, 2.24) is 9.29 Å². The number of H-pyrrole nitrogens is 1. The molecule has 0 fully saturated rings. The van der Waals surface area contributed by atoms with Crippen molar-refractivity contribution in [1.29, 1.82) is 0 Å². The predicted octanol–water partition coefficient (Wildman–Crippen LogP) is 1.24. The molecule has 0 bridgehead atoms. The average molecular weight is 324 g/mol. The van der Waals surface area contributed by atoms with Crippen LogP contribution in [0.2, 0.25) is 0 Å². The summed E-state index contributed by atoms with van der Waals surface area (Å²) in [6, 6.07) is 7.45. The van der Waals surface area contributed by atoms with E-state index in [0.717, 1.165) is 22.7 Å². The van der Waals surface area contributed by atoms with Crippen LogP contribution in [0.3, 0.4) is 0 Å². The number of nitrogens with one attached hydrogen (secondary N) is 1. The van der Waals surface area contributed by atoms with E-state index in [1.807, 2.05) is 25.1 Å². The molecule has 6 nitrogen and oxygen atoms in total. The average Bonchev–Trinajstić information content (AvgIpc) is 2.43. The number of methoxy groups -OCH3 is 1. The van der Waals surface area contributed by atoms with Gasteiger partial charge >= 0.3 is 0 Å². The van der Waals surface area contributed by atoms with Crippen molar-refractivity contribution >= 4 is 20.9 Å². The number of hydrogen-bond acceptors (Lipinski definition) is 4. The summed E-state index contributed by atoms with van der Waals surface area (Å²) in [7, 11) is -1.91. The van der Waals surface area contributed by atoms with Crippen LogP contribution in [0.5, 0.6) is 0 Å². The molecule has 22 heavy (non-hydrogen) atoms. The van der Waals surface area contributed by atoms with Gasteiger partial charge in [0.2, 0.25) is 10.0 Å². The lowest BCUT2D eigenvalue weighted by Crippen LogP contribution is -2.34. The van der Waals surface area contributed by atoms with Crippen LogP contribution in [0.15, 0.2) is 29.1 Å². The number of pyridine rings is 1. The predicted molar refractivity (Wildman–Crippen MR) is 86.4 cm³/mol. The number of para-hydroxylation sites is 1. The Balaban J connectivity index is 2.41. The number of benzene rings is 1.